The predicted molar refractivity (Wildman–Crippen MR) is 120 cm³/mol. The average molecular weight is 408 g/mol. The Hall–Kier alpha value is -1.58. The van der Waals surface area contributed by atoms with Crippen LogP contribution in [0.2, 0.25) is 0 Å². The second-order valence-electron chi connectivity index (χ2n) is 7.94. The summed E-state index contributed by atoms with van der Waals surface area (Å²) in [6.45, 7) is 11.5. The third-order valence-corrected chi connectivity index (χ3v) is 4.77. The van der Waals surface area contributed by atoms with E-state index in [-0.39, 0.29) is 11.9 Å². The second kappa shape index (κ2) is 19.7. The van der Waals surface area contributed by atoms with Crippen LogP contribution in [-0.2, 0) is 19.1 Å². The van der Waals surface area contributed by atoms with Gasteiger partial charge in [0.2, 0.25) is 0 Å². The summed E-state index contributed by atoms with van der Waals surface area (Å²) >= 11 is 0. The van der Waals surface area contributed by atoms with E-state index in [0.29, 0.717) is 24.4 Å². The van der Waals surface area contributed by atoms with Gasteiger partial charge in [-0.1, -0.05) is 90.2 Å². The van der Waals surface area contributed by atoms with Crippen molar-refractivity contribution in [2.45, 2.75) is 104 Å². The van der Waals surface area contributed by atoms with E-state index in [4.69, 9.17) is 9.47 Å². The van der Waals surface area contributed by atoms with Gasteiger partial charge in [-0.15, -0.1) is 0 Å². The van der Waals surface area contributed by atoms with E-state index >= 15 is 0 Å². The lowest BCUT2D eigenvalue weighted by molar-refractivity contribution is -0.139. The van der Waals surface area contributed by atoms with E-state index in [0.717, 1.165) is 25.7 Å². The van der Waals surface area contributed by atoms with Crippen molar-refractivity contribution >= 4 is 11.9 Å². The predicted octanol–water partition coefficient (Wildman–Crippen LogP) is 6.89. The molecule has 0 aromatic heterocycles. The van der Waals surface area contributed by atoms with Gasteiger partial charge in [0, 0.05) is 11.1 Å². The molecular formula is C25H43O4. The molecule has 0 N–H and O–H groups in total. The van der Waals surface area contributed by atoms with Crippen molar-refractivity contribution in [3.8, 4) is 0 Å². The van der Waals surface area contributed by atoms with Crippen LogP contribution in [0.25, 0.3) is 0 Å². The highest BCUT2D eigenvalue weighted by molar-refractivity contribution is 5.87. The topological polar surface area (TPSA) is 52.6 Å². The SMILES string of the molecule is C=C(C)C(=O)OCCCCCCCC[CH]CCCCCCCCOC(=O)C(=C)C. The van der Waals surface area contributed by atoms with Gasteiger partial charge in [0.05, 0.1) is 13.2 Å². The van der Waals surface area contributed by atoms with Gasteiger partial charge >= 0.3 is 11.9 Å². The summed E-state index contributed by atoms with van der Waals surface area (Å²) < 4.78 is 10.2. The molecule has 0 spiro atoms. The Bertz CT molecular complexity index is 425. The Morgan fingerprint density at radius 1 is 0.586 bits per heavy atom. The molecule has 0 fully saturated rings. The summed E-state index contributed by atoms with van der Waals surface area (Å²) in [4.78, 5) is 22.4. The van der Waals surface area contributed by atoms with Crippen molar-refractivity contribution in [1.82, 2.24) is 0 Å². The molecular weight excluding hydrogens is 364 g/mol. The Morgan fingerprint density at radius 2 is 0.897 bits per heavy atom. The van der Waals surface area contributed by atoms with Crippen molar-refractivity contribution in [1.29, 1.82) is 0 Å². The molecule has 0 saturated carbocycles. The fourth-order valence-corrected chi connectivity index (χ4v) is 2.92. The van der Waals surface area contributed by atoms with E-state index in [9.17, 15) is 9.59 Å². The maximum Gasteiger partial charge on any atom is 0.333 e. The molecule has 0 amide bonds. The van der Waals surface area contributed by atoms with Gasteiger partial charge < -0.3 is 9.47 Å². The van der Waals surface area contributed by atoms with E-state index in [2.05, 4.69) is 19.6 Å². The molecule has 0 rings (SSSR count). The van der Waals surface area contributed by atoms with Gasteiger partial charge in [0.25, 0.3) is 0 Å². The van der Waals surface area contributed by atoms with E-state index < -0.39 is 0 Å². The van der Waals surface area contributed by atoms with Crippen molar-refractivity contribution < 1.29 is 19.1 Å². The number of unbranched alkanes of at least 4 members (excludes halogenated alkanes) is 14. The lowest BCUT2D eigenvalue weighted by atomic mass is 10.0. The molecule has 0 atom stereocenters. The highest BCUT2D eigenvalue weighted by atomic mass is 16.5. The molecule has 0 heterocycles. The van der Waals surface area contributed by atoms with Gasteiger partial charge in [-0.2, -0.15) is 0 Å². The monoisotopic (exact) mass is 407 g/mol. The fraction of sp³-hybridized carbons (Fsp3) is 0.720. The molecule has 0 aliphatic carbocycles. The third-order valence-electron chi connectivity index (χ3n) is 4.77. The van der Waals surface area contributed by atoms with Crippen LogP contribution < -0.4 is 0 Å². The minimum atomic E-state index is -0.276. The summed E-state index contributed by atoms with van der Waals surface area (Å²) in [6.07, 6.45) is 19.2. The van der Waals surface area contributed by atoms with Crippen LogP contribution in [0.15, 0.2) is 24.3 Å². The van der Waals surface area contributed by atoms with Crippen LogP contribution >= 0.6 is 0 Å². The zero-order valence-electron chi connectivity index (χ0n) is 18.9. The summed E-state index contributed by atoms with van der Waals surface area (Å²) in [5, 5.41) is 0. The molecule has 0 unspecified atom stereocenters. The molecule has 4 heteroatoms. The van der Waals surface area contributed by atoms with E-state index in [1.807, 2.05) is 0 Å². The second-order valence-corrected chi connectivity index (χ2v) is 7.94. The van der Waals surface area contributed by atoms with Gasteiger partial charge in [0.1, 0.15) is 0 Å². The van der Waals surface area contributed by atoms with Crippen LogP contribution in [0.5, 0.6) is 0 Å². The number of carbonyl (C=O) groups is 2. The third kappa shape index (κ3) is 19.5. The Balaban J connectivity index is 3.13. The van der Waals surface area contributed by atoms with Crippen LogP contribution in [-0.4, -0.2) is 25.2 Å². The first kappa shape index (κ1) is 27.4. The largest absolute Gasteiger partial charge is 0.462 e. The molecule has 29 heavy (non-hydrogen) atoms. The van der Waals surface area contributed by atoms with Crippen LogP contribution in [0.1, 0.15) is 104 Å². The molecule has 0 aromatic carbocycles. The average Bonchev–Trinajstić information content (AvgIpc) is 2.69. The minimum Gasteiger partial charge on any atom is -0.462 e. The molecule has 1 radical (unpaired) electrons. The highest BCUT2D eigenvalue weighted by Crippen LogP contribution is 2.13. The summed E-state index contributed by atoms with van der Waals surface area (Å²) in [6, 6.07) is 0. The maximum atomic E-state index is 11.2. The smallest absolute Gasteiger partial charge is 0.333 e. The summed E-state index contributed by atoms with van der Waals surface area (Å²) in [5.41, 5.74) is 0.945. The van der Waals surface area contributed by atoms with E-state index in [1.54, 1.807) is 13.8 Å². The zero-order chi connectivity index (χ0) is 21.7. The highest BCUT2D eigenvalue weighted by Gasteiger charge is 2.02. The number of carbonyl (C=O) groups excluding carboxylic acids is 2. The van der Waals surface area contributed by atoms with E-state index in [1.165, 1.54) is 64.2 Å². The molecule has 0 aliphatic heterocycles. The Kier molecular flexibility index (Phi) is 18.6. The normalized spacial score (nSPS) is 10.6. The molecule has 0 saturated heterocycles. The lowest BCUT2D eigenvalue weighted by Gasteiger charge is -2.05. The zero-order valence-corrected chi connectivity index (χ0v) is 18.9. The molecule has 0 bridgehead atoms. The van der Waals surface area contributed by atoms with Crippen LogP contribution in [0, 0.1) is 6.42 Å². The van der Waals surface area contributed by atoms with Gasteiger partial charge in [-0.05, 0) is 33.1 Å². The minimum absolute atomic E-state index is 0.276. The standard InChI is InChI=1S/C25H43O4/c1-22(2)24(26)28-20-18-16-14-12-10-8-6-5-7-9-11-13-15-17-19-21-29-25(27)23(3)4/h5H,1,3,6-21H2,2,4H3. The molecule has 0 aliphatic rings. The number of hydrogen-bond donors (Lipinski definition) is 0. The first-order valence-electron chi connectivity index (χ1n) is 11.4. The van der Waals surface area contributed by atoms with Gasteiger partial charge in [-0.25, -0.2) is 9.59 Å². The first-order valence-corrected chi connectivity index (χ1v) is 11.4. The Morgan fingerprint density at radius 3 is 1.24 bits per heavy atom. The number of rotatable bonds is 20. The molecule has 167 valence electrons. The van der Waals surface area contributed by atoms with Crippen molar-refractivity contribution in [3.63, 3.8) is 0 Å². The molecule has 0 aromatic rings. The Labute approximate surface area is 179 Å². The number of esters is 2. The van der Waals surface area contributed by atoms with Crippen molar-refractivity contribution in [2.75, 3.05) is 13.2 Å². The number of ether oxygens (including phenoxy) is 2. The fourth-order valence-electron chi connectivity index (χ4n) is 2.92. The maximum absolute atomic E-state index is 11.2. The quantitative estimate of drug-likeness (QED) is 0.125. The molecule has 4 nitrogen and oxygen atoms in total. The van der Waals surface area contributed by atoms with Crippen molar-refractivity contribution in [3.05, 3.63) is 30.7 Å². The summed E-state index contributed by atoms with van der Waals surface area (Å²) in [5.74, 6) is -0.552. The first-order chi connectivity index (χ1) is 13.9. The van der Waals surface area contributed by atoms with Gasteiger partial charge in [-0.3, -0.25) is 0 Å². The van der Waals surface area contributed by atoms with Crippen LogP contribution in [0.3, 0.4) is 0 Å². The van der Waals surface area contributed by atoms with Crippen LogP contribution in [0.4, 0.5) is 0 Å². The lowest BCUT2D eigenvalue weighted by Crippen LogP contribution is -2.05. The summed E-state index contributed by atoms with van der Waals surface area (Å²) in [7, 11) is 0. The number of hydrogen-bond acceptors (Lipinski definition) is 4. The van der Waals surface area contributed by atoms with Gasteiger partial charge in [0.15, 0.2) is 0 Å². The van der Waals surface area contributed by atoms with Crippen molar-refractivity contribution in [2.24, 2.45) is 0 Å².